The lowest BCUT2D eigenvalue weighted by Gasteiger charge is -2.33. The van der Waals surface area contributed by atoms with Crippen LogP contribution in [-0.2, 0) is 4.79 Å². The molecule has 0 atom stereocenters. The van der Waals surface area contributed by atoms with Gasteiger partial charge in [-0.15, -0.1) is 0 Å². The van der Waals surface area contributed by atoms with Crippen LogP contribution in [-0.4, -0.2) is 42.5 Å². The second-order valence-electron chi connectivity index (χ2n) is 4.73. The highest BCUT2D eigenvalue weighted by Gasteiger charge is 2.16. The molecule has 1 aliphatic rings. The van der Waals surface area contributed by atoms with E-state index in [-0.39, 0.29) is 0 Å². The highest BCUT2D eigenvalue weighted by Crippen LogP contribution is 2.17. The molecule has 92 valence electrons. The number of carbonyl (C=O) groups excluding carboxylic acids is 1. The molecule has 1 saturated heterocycles. The van der Waals surface area contributed by atoms with Crippen molar-refractivity contribution in [3.05, 3.63) is 23.9 Å². The maximum Gasteiger partial charge on any atom is 0.209 e. The first-order valence-electron chi connectivity index (χ1n) is 6.11. The molecule has 1 fully saturated rings. The summed E-state index contributed by atoms with van der Waals surface area (Å²) in [5, 5.41) is 0. The Morgan fingerprint density at radius 3 is 2.41 bits per heavy atom. The molecular formula is C13H19N3O. The lowest BCUT2D eigenvalue weighted by molar-refractivity contribution is -0.118. The smallest absolute Gasteiger partial charge is 0.209 e. The molecule has 0 radical (unpaired) electrons. The summed E-state index contributed by atoms with van der Waals surface area (Å²) in [5.41, 5.74) is 1.26. The number of carbonyl (C=O) groups is 1. The maximum absolute atomic E-state index is 10.6. The van der Waals surface area contributed by atoms with Crippen LogP contribution < -0.4 is 4.90 Å². The zero-order valence-corrected chi connectivity index (χ0v) is 10.5. The van der Waals surface area contributed by atoms with E-state index in [4.69, 9.17) is 0 Å². The molecule has 0 unspecified atom stereocenters. The molecule has 0 aromatic carbocycles. The van der Waals surface area contributed by atoms with Gasteiger partial charge in [0.05, 0.1) is 0 Å². The van der Waals surface area contributed by atoms with Gasteiger partial charge in [-0.05, 0) is 17.5 Å². The molecule has 0 N–H and O–H groups in total. The van der Waals surface area contributed by atoms with Crippen LogP contribution >= 0.6 is 0 Å². The summed E-state index contributed by atoms with van der Waals surface area (Å²) in [6.07, 6.45) is 2.87. The van der Waals surface area contributed by atoms with Gasteiger partial charge in [0.25, 0.3) is 0 Å². The topological polar surface area (TPSA) is 36.4 Å². The Morgan fingerprint density at radius 2 is 1.94 bits per heavy atom. The fourth-order valence-electron chi connectivity index (χ4n) is 1.98. The minimum absolute atomic E-state index is 0.517. The average molecular weight is 233 g/mol. The van der Waals surface area contributed by atoms with Gasteiger partial charge in [-0.3, -0.25) is 4.79 Å². The summed E-state index contributed by atoms with van der Waals surface area (Å²) in [7, 11) is 0. The molecule has 0 bridgehead atoms. The molecule has 2 heterocycles. The third kappa shape index (κ3) is 2.75. The van der Waals surface area contributed by atoms with E-state index in [1.165, 1.54) is 5.56 Å². The summed E-state index contributed by atoms with van der Waals surface area (Å²) < 4.78 is 0. The molecular weight excluding hydrogens is 214 g/mol. The normalized spacial score (nSPS) is 16.4. The van der Waals surface area contributed by atoms with Crippen LogP contribution in [0.15, 0.2) is 18.3 Å². The maximum atomic E-state index is 10.6. The molecule has 1 amide bonds. The molecule has 1 aromatic rings. The number of nitrogens with zero attached hydrogens (tertiary/aromatic N) is 3. The number of hydrogen-bond acceptors (Lipinski definition) is 3. The Hall–Kier alpha value is -1.58. The van der Waals surface area contributed by atoms with Crippen LogP contribution in [0.4, 0.5) is 5.82 Å². The molecule has 0 aliphatic carbocycles. The van der Waals surface area contributed by atoms with E-state index in [9.17, 15) is 4.79 Å². The van der Waals surface area contributed by atoms with Crippen molar-refractivity contribution in [1.82, 2.24) is 9.88 Å². The van der Waals surface area contributed by atoms with Crippen LogP contribution in [0.1, 0.15) is 25.3 Å². The van der Waals surface area contributed by atoms with E-state index in [1.807, 2.05) is 6.20 Å². The van der Waals surface area contributed by atoms with Gasteiger partial charge in [-0.2, -0.15) is 0 Å². The van der Waals surface area contributed by atoms with Crippen molar-refractivity contribution in [2.75, 3.05) is 31.1 Å². The predicted molar refractivity (Wildman–Crippen MR) is 68.2 cm³/mol. The molecule has 4 heteroatoms. The number of rotatable bonds is 3. The van der Waals surface area contributed by atoms with Crippen LogP contribution in [0.3, 0.4) is 0 Å². The Balaban J connectivity index is 2.01. The highest BCUT2D eigenvalue weighted by molar-refractivity contribution is 5.49. The highest BCUT2D eigenvalue weighted by atomic mass is 16.1. The first-order valence-corrected chi connectivity index (χ1v) is 6.11. The summed E-state index contributed by atoms with van der Waals surface area (Å²) >= 11 is 0. The zero-order valence-electron chi connectivity index (χ0n) is 10.5. The van der Waals surface area contributed by atoms with E-state index in [0.717, 1.165) is 38.4 Å². The SMILES string of the molecule is CC(C)c1ccc(N2CCN(C=O)CC2)nc1. The number of hydrogen-bond donors (Lipinski definition) is 0. The van der Waals surface area contributed by atoms with Gasteiger partial charge in [0.15, 0.2) is 0 Å². The lowest BCUT2D eigenvalue weighted by Crippen LogP contribution is -2.46. The Kier molecular flexibility index (Phi) is 3.61. The Bertz CT molecular complexity index is 367. The molecule has 17 heavy (non-hydrogen) atoms. The third-order valence-electron chi connectivity index (χ3n) is 3.22. The largest absolute Gasteiger partial charge is 0.353 e. The van der Waals surface area contributed by atoms with Gasteiger partial charge in [0.1, 0.15) is 5.82 Å². The molecule has 1 aliphatic heterocycles. The van der Waals surface area contributed by atoms with E-state index in [0.29, 0.717) is 5.92 Å². The lowest BCUT2D eigenvalue weighted by atomic mass is 10.1. The summed E-state index contributed by atoms with van der Waals surface area (Å²) in [4.78, 5) is 19.1. The van der Waals surface area contributed by atoms with Crippen LogP contribution in [0.25, 0.3) is 0 Å². The Labute approximate surface area is 102 Å². The molecule has 4 nitrogen and oxygen atoms in total. The van der Waals surface area contributed by atoms with Gasteiger partial charge < -0.3 is 9.80 Å². The van der Waals surface area contributed by atoms with Gasteiger partial charge in [0.2, 0.25) is 6.41 Å². The van der Waals surface area contributed by atoms with Crippen LogP contribution in [0.5, 0.6) is 0 Å². The molecule has 1 aromatic heterocycles. The van der Waals surface area contributed by atoms with E-state index in [2.05, 4.69) is 35.9 Å². The zero-order chi connectivity index (χ0) is 12.3. The number of pyridine rings is 1. The van der Waals surface area contributed by atoms with E-state index < -0.39 is 0 Å². The van der Waals surface area contributed by atoms with E-state index in [1.54, 1.807) is 4.90 Å². The molecule has 2 rings (SSSR count). The van der Waals surface area contributed by atoms with E-state index >= 15 is 0 Å². The first kappa shape index (κ1) is 11.9. The van der Waals surface area contributed by atoms with Crippen molar-refractivity contribution in [3.8, 4) is 0 Å². The number of anilines is 1. The number of aromatic nitrogens is 1. The third-order valence-corrected chi connectivity index (χ3v) is 3.22. The van der Waals surface area contributed by atoms with Crippen molar-refractivity contribution in [2.45, 2.75) is 19.8 Å². The van der Waals surface area contributed by atoms with Crippen LogP contribution in [0.2, 0.25) is 0 Å². The Morgan fingerprint density at radius 1 is 1.24 bits per heavy atom. The van der Waals surface area contributed by atoms with Gasteiger partial charge >= 0.3 is 0 Å². The minimum Gasteiger partial charge on any atom is -0.353 e. The molecule has 0 saturated carbocycles. The van der Waals surface area contributed by atoms with Gasteiger partial charge in [-0.25, -0.2) is 4.98 Å². The number of piperazine rings is 1. The molecule has 0 spiro atoms. The summed E-state index contributed by atoms with van der Waals surface area (Å²) in [6.45, 7) is 7.65. The second-order valence-corrected chi connectivity index (χ2v) is 4.73. The van der Waals surface area contributed by atoms with Gasteiger partial charge in [0, 0.05) is 32.4 Å². The van der Waals surface area contributed by atoms with Crippen molar-refractivity contribution in [3.63, 3.8) is 0 Å². The summed E-state index contributed by atoms with van der Waals surface area (Å²) in [6, 6.07) is 4.21. The first-order chi connectivity index (χ1) is 8.20. The fraction of sp³-hybridized carbons (Fsp3) is 0.538. The fourth-order valence-corrected chi connectivity index (χ4v) is 1.98. The number of amides is 1. The monoisotopic (exact) mass is 233 g/mol. The van der Waals surface area contributed by atoms with Crippen LogP contribution in [0, 0.1) is 0 Å². The second kappa shape index (κ2) is 5.17. The van der Waals surface area contributed by atoms with Crippen molar-refractivity contribution < 1.29 is 4.79 Å². The van der Waals surface area contributed by atoms with Gasteiger partial charge in [-0.1, -0.05) is 19.9 Å². The summed E-state index contributed by atoms with van der Waals surface area (Å²) in [5.74, 6) is 1.53. The van der Waals surface area contributed by atoms with Crippen molar-refractivity contribution in [2.24, 2.45) is 0 Å². The quantitative estimate of drug-likeness (QED) is 0.742. The average Bonchev–Trinajstić information content (AvgIpc) is 2.39. The minimum atomic E-state index is 0.517. The standard InChI is InChI=1S/C13H19N3O/c1-11(2)12-3-4-13(14-9-12)16-7-5-15(10-17)6-8-16/h3-4,9-11H,5-8H2,1-2H3. The van der Waals surface area contributed by atoms with Crippen molar-refractivity contribution >= 4 is 12.2 Å². The predicted octanol–water partition coefficient (Wildman–Crippen LogP) is 1.48. The van der Waals surface area contributed by atoms with Crippen molar-refractivity contribution in [1.29, 1.82) is 0 Å².